The third-order valence-electron chi connectivity index (χ3n) is 3.83. The van der Waals surface area contributed by atoms with E-state index in [1.165, 1.54) is 44.9 Å². The number of unbranched alkanes of at least 4 members (excludes halogenated alkanes) is 7. The second kappa shape index (κ2) is 17.2. The monoisotopic (exact) mass is 432 g/mol. The predicted octanol–water partition coefficient (Wildman–Crippen LogP) is 6.90. The molecular formula is C21H29BrFeO-6. The molecule has 0 aliphatic carbocycles. The minimum absolute atomic E-state index is 0. The van der Waals surface area contributed by atoms with Gasteiger partial charge in [-0.3, -0.25) is 0 Å². The number of hydrogen-bond acceptors (Lipinski definition) is 1. The second-order valence-electron chi connectivity index (χ2n) is 5.83. The first kappa shape index (κ1) is 23.4. The van der Waals surface area contributed by atoms with Gasteiger partial charge in [-0.25, -0.2) is 12.1 Å². The summed E-state index contributed by atoms with van der Waals surface area (Å²) in [7, 11) is 0. The maximum absolute atomic E-state index is 11.7. The minimum Gasteiger partial charge on any atom is -0.748 e. The summed E-state index contributed by atoms with van der Waals surface area (Å²) in [6.07, 6.45) is 10.9. The van der Waals surface area contributed by atoms with Crippen molar-refractivity contribution in [3.63, 3.8) is 0 Å². The van der Waals surface area contributed by atoms with Crippen LogP contribution < -0.4 is 0 Å². The van der Waals surface area contributed by atoms with Crippen molar-refractivity contribution in [1.82, 2.24) is 0 Å². The molecule has 0 atom stereocenters. The Hall–Kier alpha value is -0.631. The predicted molar refractivity (Wildman–Crippen MR) is 104 cm³/mol. The average Bonchev–Trinajstić information content (AvgIpc) is 3.28. The van der Waals surface area contributed by atoms with E-state index in [0.29, 0.717) is 12.2 Å². The molecule has 0 saturated heterocycles. The van der Waals surface area contributed by atoms with E-state index in [4.69, 9.17) is 0 Å². The molecule has 0 unspecified atom stereocenters. The molecule has 2 aromatic rings. The maximum Gasteiger partial charge on any atom is 0.108 e. The van der Waals surface area contributed by atoms with Crippen LogP contribution in [-0.2, 0) is 17.1 Å². The van der Waals surface area contributed by atoms with E-state index in [1.807, 2.05) is 54.6 Å². The first-order valence-corrected chi connectivity index (χ1v) is 9.94. The van der Waals surface area contributed by atoms with Gasteiger partial charge in [-0.15, -0.1) is 0 Å². The van der Waals surface area contributed by atoms with E-state index in [0.717, 1.165) is 17.3 Å². The Morgan fingerprint density at radius 2 is 1.17 bits per heavy atom. The van der Waals surface area contributed by atoms with Gasteiger partial charge >= 0.3 is 0 Å². The summed E-state index contributed by atoms with van der Waals surface area (Å²) in [5.41, 5.74) is 0.879. The fourth-order valence-corrected chi connectivity index (χ4v) is 2.86. The van der Waals surface area contributed by atoms with Crippen LogP contribution in [0.2, 0.25) is 0 Å². The summed E-state index contributed by atoms with van der Waals surface area (Å²) in [5, 5.41) is 1.14. The number of halogens is 1. The van der Waals surface area contributed by atoms with Crippen molar-refractivity contribution >= 4 is 21.7 Å². The van der Waals surface area contributed by atoms with Crippen molar-refractivity contribution in [1.29, 1.82) is 0 Å². The molecule has 3 heteroatoms. The summed E-state index contributed by atoms with van der Waals surface area (Å²) in [5.74, 6) is 0.303. The van der Waals surface area contributed by atoms with E-state index in [9.17, 15) is 4.79 Å². The Kier molecular flexibility index (Phi) is 16.7. The van der Waals surface area contributed by atoms with Gasteiger partial charge in [0.1, 0.15) is 5.78 Å². The molecule has 0 amide bonds. The molecule has 140 valence electrons. The van der Waals surface area contributed by atoms with Gasteiger partial charge in [-0.1, -0.05) is 60.0 Å². The Morgan fingerprint density at radius 1 is 0.750 bits per heavy atom. The van der Waals surface area contributed by atoms with Crippen molar-refractivity contribution in [3.05, 3.63) is 60.2 Å². The SMILES string of the molecule is O=C(CCCCCCCCCCBr)[c-]1cccc1.[Fe].[cH-]1[cH-][cH-][cH-][cH-]1. The molecular weight excluding hydrogens is 404 g/mol. The Bertz CT molecular complexity index is 445. The van der Waals surface area contributed by atoms with E-state index in [2.05, 4.69) is 15.9 Å². The first-order valence-electron chi connectivity index (χ1n) is 8.82. The normalized spacial score (nSPS) is 9.71. The summed E-state index contributed by atoms with van der Waals surface area (Å²) in [6, 6.07) is 17.7. The third kappa shape index (κ3) is 12.8. The van der Waals surface area contributed by atoms with Crippen molar-refractivity contribution in [3.8, 4) is 0 Å². The summed E-state index contributed by atoms with van der Waals surface area (Å²) in [6.45, 7) is 0. The van der Waals surface area contributed by atoms with Gasteiger partial charge in [-0.05, 0) is 19.3 Å². The second-order valence-corrected chi connectivity index (χ2v) is 6.62. The van der Waals surface area contributed by atoms with Gasteiger partial charge < -0.3 is 35.1 Å². The topological polar surface area (TPSA) is 17.1 Å². The molecule has 2 rings (SSSR count). The number of alkyl halides is 1. The zero-order valence-electron chi connectivity index (χ0n) is 14.4. The zero-order valence-corrected chi connectivity index (χ0v) is 17.1. The quantitative estimate of drug-likeness (QED) is 0.124. The van der Waals surface area contributed by atoms with E-state index >= 15 is 0 Å². The van der Waals surface area contributed by atoms with Gasteiger partial charge in [0.15, 0.2) is 0 Å². The molecule has 0 aromatic heterocycles. The molecule has 2 aromatic carbocycles. The largest absolute Gasteiger partial charge is 0.748 e. The third-order valence-corrected chi connectivity index (χ3v) is 4.39. The van der Waals surface area contributed by atoms with Crippen LogP contribution in [-0.4, -0.2) is 11.1 Å². The molecule has 0 fully saturated rings. The number of Topliss-reactive ketones (excluding diaryl/α,β-unsaturated/α-hetero) is 1. The maximum atomic E-state index is 11.7. The van der Waals surface area contributed by atoms with Crippen molar-refractivity contribution in [2.45, 2.75) is 57.8 Å². The Labute approximate surface area is 166 Å². The molecule has 0 spiro atoms. The number of carbonyl (C=O) groups is 1. The van der Waals surface area contributed by atoms with Crippen LogP contribution in [0.15, 0.2) is 54.6 Å². The number of rotatable bonds is 11. The van der Waals surface area contributed by atoms with Gasteiger partial charge in [0, 0.05) is 22.4 Å². The molecule has 0 saturated carbocycles. The first-order chi connectivity index (χ1) is 11.3. The molecule has 0 bridgehead atoms. The van der Waals surface area contributed by atoms with Crippen LogP contribution in [0.25, 0.3) is 0 Å². The molecule has 0 aliphatic rings. The van der Waals surface area contributed by atoms with Crippen LogP contribution in [0.5, 0.6) is 0 Å². The van der Waals surface area contributed by atoms with Crippen LogP contribution in [0, 0.1) is 0 Å². The summed E-state index contributed by atoms with van der Waals surface area (Å²) < 4.78 is 0. The molecule has 0 radical (unpaired) electrons. The van der Waals surface area contributed by atoms with Crippen LogP contribution in [0.4, 0.5) is 0 Å². The van der Waals surface area contributed by atoms with Gasteiger partial charge in [-0.2, -0.15) is 12.1 Å². The van der Waals surface area contributed by atoms with Crippen LogP contribution in [0.1, 0.15) is 68.1 Å². The number of carbonyl (C=O) groups excluding carboxylic acids is 1. The molecule has 1 nitrogen and oxygen atoms in total. The molecule has 24 heavy (non-hydrogen) atoms. The average molecular weight is 433 g/mol. The molecule has 0 N–H and O–H groups in total. The van der Waals surface area contributed by atoms with E-state index in [-0.39, 0.29) is 17.1 Å². The van der Waals surface area contributed by atoms with Crippen molar-refractivity contribution in [2.24, 2.45) is 0 Å². The number of hydrogen-bond donors (Lipinski definition) is 0. The van der Waals surface area contributed by atoms with Gasteiger partial charge in [0.05, 0.1) is 0 Å². The van der Waals surface area contributed by atoms with E-state index < -0.39 is 0 Å². The van der Waals surface area contributed by atoms with Gasteiger partial charge in [0.25, 0.3) is 0 Å². The van der Waals surface area contributed by atoms with Gasteiger partial charge in [0.2, 0.25) is 0 Å². The molecule has 0 heterocycles. The minimum atomic E-state index is 0. The van der Waals surface area contributed by atoms with Crippen molar-refractivity contribution < 1.29 is 21.9 Å². The Balaban J connectivity index is 0.000000751. The molecule has 0 aliphatic heterocycles. The fourth-order valence-electron chi connectivity index (χ4n) is 2.47. The zero-order chi connectivity index (χ0) is 16.6. The summed E-state index contributed by atoms with van der Waals surface area (Å²) in [4.78, 5) is 11.7. The Morgan fingerprint density at radius 3 is 1.62 bits per heavy atom. The van der Waals surface area contributed by atoms with E-state index in [1.54, 1.807) is 0 Å². The van der Waals surface area contributed by atoms with Crippen LogP contribution in [0.3, 0.4) is 0 Å². The summed E-state index contributed by atoms with van der Waals surface area (Å²) >= 11 is 3.45. The van der Waals surface area contributed by atoms with Crippen molar-refractivity contribution in [2.75, 3.05) is 5.33 Å². The fraction of sp³-hybridized carbons (Fsp3) is 0.476. The van der Waals surface area contributed by atoms with Crippen LogP contribution >= 0.6 is 15.9 Å². The smallest absolute Gasteiger partial charge is 0.108 e. The standard InChI is InChI=1S/C16H24BrO.C5H5.Fe/c17-14-10-6-4-2-1-3-5-7-13-16(18)15-11-8-9-12-15;1-2-4-5-3-1;/h8-9,11-12H,1-7,10,13-14H2;1-5H;/q-1;-5;. The number of ketones is 1.